The molecule has 0 amide bonds. The van der Waals surface area contributed by atoms with Crippen LogP contribution in [0.1, 0.15) is 0 Å². The van der Waals surface area contributed by atoms with E-state index in [4.69, 9.17) is 4.52 Å². The Morgan fingerprint density at radius 3 is 3.00 bits per heavy atom. The zero-order chi connectivity index (χ0) is 10.1. The second-order valence-electron chi connectivity index (χ2n) is 3.64. The van der Waals surface area contributed by atoms with E-state index in [2.05, 4.69) is 20.4 Å². The van der Waals surface area contributed by atoms with Crippen molar-refractivity contribution in [3.8, 4) is 0 Å². The third-order valence-electron chi connectivity index (χ3n) is 2.66. The van der Waals surface area contributed by atoms with E-state index in [1.165, 1.54) is 0 Å². The molecule has 1 N–H and O–H groups in total. The standard InChI is InChI=1S/C10H12N4O/c1-3-14(4-2-11-1)10-5-9-8(6-12-10)7-13-15-9/h5-7,11H,1-4H2. The van der Waals surface area contributed by atoms with Gasteiger partial charge in [0.15, 0.2) is 5.58 Å². The third-order valence-corrected chi connectivity index (χ3v) is 2.66. The minimum atomic E-state index is 0.804. The zero-order valence-electron chi connectivity index (χ0n) is 8.31. The average molecular weight is 204 g/mol. The van der Waals surface area contributed by atoms with Gasteiger partial charge in [-0.1, -0.05) is 5.16 Å². The minimum Gasteiger partial charge on any atom is -0.356 e. The molecule has 0 aromatic carbocycles. The number of nitrogens with zero attached hydrogens (tertiary/aromatic N) is 3. The van der Waals surface area contributed by atoms with Gasteiger partial charge in [-0.3, -0.25) is 0 Å². The first-order valence-electron chi connectivity index (χ1n) is 5.09. The van der Waals surface area contributed by atoms with Gasteiger partial charge in [-0.25, -0.2) is 4.98 Å². The lowest BCUT2D eigenvalue weighted by Crippen LogP contribution is -2.43. The molecule has 2 aromatic heterocycles. The van der Waals surface area contributed by atoms with Crippen LogP contribution in [0, 0.1) is 0 Å². The van der Waals surface area contributed by atoms with Gasteiger partial charge >= 0.3 is 0 Å². The Hall–Kier alpha value is -1.62. The van der Waals surface area contributed by atoms with Crippen molar-refractivity contribution in [3.63, 3.8) is 0 Å². The number of piperazine rings is 1. The Bertz CT molecular complexity index is 461. The fourth-order valence-electron chi connectivity index (χ4n) is 1.82. The SMILES string of the molecule is c1noc2cc(N3CCNCC3)ncc12. The summed E-state index contributed by atoms with van der Waals surface area (Å²) >= 11 is 0. The van der Waals surface area contributed by atoms with Crippen molar-refractivity contribution in [1.29, 1.82) is 0 Å². The van der Waals surface area contributed by atoms with Crippen molar-refractivity contribution in [3.05, 3.63) is 18.5 Å². The molecule has 1 fully saturated rings. The molecule has 3 heterocycles. The molecule has 0 atom stereocenters. The quantitative estimate of drug-likeness (QED) is 0.738. The second-order valence-corrected chi connectivity index (χ2v) is 3.64. The molecular formula is C10H12N4O. The first kappa shape index (κ1) is 8.67. The first-order chi connectivity index (χ1) is 7.43. The third kappa shape index (κ3) is 1.55. The van der Waals surface area contributed by atoms with Crippen molar-refractivity contribution in [1.82, 2.24) is 15.5 Å². The van der Waals surface area contributed by atoms with Crippen LogP contribution in [0.2, 0.25) is 0 Å². The summed E-state index contributed by atoms with van der Waals surface area (Å²) in [5.74, 6) is 0.973. The maximum atomic E-state index is 5.12. The number of hydrogen-bond donors (Lipinski definition) is 1. The van der Waals surface area contributed by atoms with Crippen LogP contribution in [-0.4, -0.2) is 36.3 Å². The highest BCUT2D eigenvalue weighted by Gasteiger charge is 2.12. The van der Waals surface area contributed by atoms with Crippen LogP contribution in [0.5, 0.6) is 0 Å². The highest BCUT2D eigenvalue weighted by atomic mass is 16.5. The molecule has 0 radical (unpaired) electrons. The van der Waals surface area contributed by atoms with Gasteiger partial charge in [0.2, 0.25) is 0 Å². The number of aromatic nitrogens is 2. The van der Waals surface area contributed by atoms with Crippen LogP contribution >= 0.6 is 0 Å². The van der Waals surface area contributed by atoms with Gasteiger partial charge in [0.1, 0.15) is 5.82 Å². The summed E-state index contributed by atoms with van der Waals surface area (Å²) in [6.07, 6.45) is 3.49. The van der Waals surface area contributed by atoms with Gasteiger partial charge in [-0.15, -0.1) is 0 Å². The van der Waals surface area contributed by atoms with Crippen molar-refractivity contribution >= 4 is 16.8 Å². The average Bonchev–Trinajstić information content (AvgIpc) is 2.77. The Morgan fingerprint density at radius 2 is 2.13 bits per heavy atom. The summed E-state index contributed by atoms with van der Waals surface area (Å²) < 4.78 is 5.12. The topological polar surface area (TPSA) is 54.2 Å². The number of nitrogens with one attached hydrogen (secondary N) is 1. The van der Waals surface area contributed by atoms with Gasteiger partial charge < -0.3 is 14.7 Å². The van der Waals surface area contributed by atoms with Crippen LogP contribution < -0.4 is 10.2 Å². The number of hydrogen-bond acceptors (Lipinski definition) is 5. The summed E-state index contributed by atoms with van der Waals surface area (Å²) in [7, 11) is 0. The molecule has 0 unspecified atom stereocenters. The molecule has 1 aliphatic heterocycles. The van der Waals surface area contributed by atoms with Gasteiger partial charge in [-0.2, -0.15) is 0 Å². The largest absolute Gasteiger partial charge is 0.356 e. The molecular weight excluding hydrogens is 192 g/mol. The molecule has 5 nitrogen and oxygen atoms in total. The van der Waals surface area contributed by atoms with E-state index in [9.17, 15) is 0 Å². The summed E-state index contributed by atoms with van der Waals surface area (Å²) in [4.78, 5) is 6.65. The highest BCUT2D eigenvalue weighted by molar-refractivity contribution is 5.77. The summed E-state index contributed by atoms with van der Waals surface area (Å²) in [6.45, 7) is 4.01. The van der Waals surface area contributed by atoms with Crippen LogP contribution in [0.15, 0.2) is 23.0 Å². The van der Waals surface area contributed by atoms with Gasteiger partial charge in [-0.05, 0) is 0 Å². The van der Waals surface area contributed by atoms with Crippen molar-refractivity contribution in [2.75, 3.05) is 31.1 Å². The van der Waals surface area contributed by atoms with E-state index in [1.807, 2.05) is 12.3 Å². The normalized spacial score (nSPS) is 17.2. The molecule has 0 aliphatic carbocycles. The Kier molecular flexibility index (Phi) is 2.03. The Balaban J connectivity index is 1.95. The van der Waals surface area contributed by atoms with E-state index in [-0.39, 0.29) is 0 Å². The number of rotatable bonds is 1. The smallest absolute Gasteiger partial charge is 0.172 e. The van der Waals surface area contributed by atoms with Gasteiger partial charge in [0, 0.05) is 38.4 Å². The fraction of sp³-hybridized carbons (Fsp3) is 0.400. The second kappa shape index (κ2) is 3.51. The zero-order valence-corrected chi connectivity index (χ0v) is 8.31. The molecule has 0 saturated carbocycles. The molecule has 1 saturated heterocycles. The number of pyridine rings is 1. The maximum Gasteiger partial charge on any atom is 0.172 e. The lowest BCUT2D eigenvalue weighted by atomic mass is 10.3. The van der Waals surface area contributed by atoms with E-state index < -0.39 is 0 Å². The number of anilines is 1. The van der Waals surface area contributed by atoms with E-state index in [1.54, 1.807) is 6.20 Å². The summed E-state index contributed by atoms with van der Waals surface area (Å²) in [6, 6.07) is 1.95. The summed E-state index contributed by atoms with van der Waals surface area (Å²) in [5, 5.41) is 8.01. The fourth-order valence-corrected chi connectivity index (χ4v) is 1.82. The monoisotopic (exact) mass is 204 g/mol. The Morgan fingerprint density at radius 1 is 1.27 bits per heavy atom. The molecule has 5 heteroatoms. The van der Waals surface area contributed by atoms with Crippen molar-refractivity contribution in [2.45, 2.75) is 0 Å². The summed E-state index contributed by atoms with van der Waals surface area (Å²) in [5.41, 5.74) is 0.804. The number of fused-ring (bicyclic) bond motifs is 1. The van der Waals surface area contributed by atoms with Crippen molar-refractivity contribution in [2.24, 2.45) is 0 Å². The highest BCUT2D eigenvalue weighted by Crippen LogP contribution is 2.18. The predicted molar refractivity (Wildman–Crippen MR) is 56.9 cm³/mol. The lowest BCUT2D eigenvalue weighted by Gasteiger charge is -2.28. The van der Waals surface area contributed by atoms with Crippen molar-refractivity contribution < 1.29 is 4.52 Å². The molecule has 0 spiro atoms. The van der Waals surface area contributed by atoms with Crippen LogP contribution in [-0.2, 0) is 0 Å². The maximum absolute atomic E-state index is 5.12. The lowest BCUT2D eigenvalue weighted by molar-refractivity contribution is 0.456. The van der Waals surface area contributed by atoms with Crippen LogP contribution in [0.25, 0.3) is 11.0 Å². The van der Waals surface area contributed by atoms with E-state index >= 15 is 0 Å². The molecule has 2 aromatic rings. The van der Waals surface area contributed by atoms with E-state index in [0.29, 0.717) is 0 Å². The predicted octanol–water partition coefficient (Wildman–Crippen LogP) is 0.632. The van der Waals surface area contributed by atoms with E-state index in [0.717, 1.165) is 43.0 Å². The van der Waals surface area contributed by atoms with Crippen LogP contribution in [0.4, 0.5) is 5.82 Å². The first-order valence-corrected chi connectivity index (χ1v) is 5.09. The molecule has 3 rings (SSSR count). The van der Waals surface area contributed by atoms with Gasteiger partial charge in [0.05, 0.1) is 11.6 Å². The molecule has 15 heavy (non-hydrogen) atoms. The minimum absolute atomic E-state index is 0.804. The van der Waals surface area contributed by atoms with Gasteiger partial charge in [0.25, 0.3) is 0 Å². The molecule has 1 aliphatic rings. The molecule has 0 bridgehead atoms. The van der Waals surface area contributed by atoms with Crippen LogP contribution in [0.3, 0.4) is 0 Å². The Labute approximate surface area is 87.1 Å². The molecule has 78 valence electrons.